The van der Waals surface area contributed by atoms with E-state index in [0.29, 0.717) is 23.6 Å². The molecule has 5 rings (SSSR count). The number of carbonyl (C=O) groups is 3. The van der Waals surface area contributed by atoms with Gasteiger partial charge in [0.2, 0.25) is 0 Å². The van der Waals surface area contributed by atoms with Gasteiger partial charge in [-0.25, -0.2) is 0 Å². The van der Waals surface area contributed by atoms with E-state index in [0.717, 1.165) is 9.37 Å². The van der Waals surface area contributed by atoms with Crippen molar-refractivity contribution in [2.24, 2.45) is 0 Å². The molecule has 0 spiro atoms. The van der Waals surface area contributed by atoms with Crippen molar-refractivity contribution in [2.45, 2.75) is 19.0 Å². The van der Waals surface area contributed by atoms with E-state index < -0.39 is 29.8 Å². The van der Waals surface area contributed by atoms with Gasteiger partial charge < -0.3 is 9.64 Å². The number of rotatable bonds is 5. The smallest absolute Gasteiger partial charge is 0.264 e. The third kappa shape index (κ3) is 3.80. The van der Waals surface area contributed by atoms with Crippen LogP contribution >= 0.6 is 62.3 Å². The summed E-state index contributed by atoms with van der Waals surface area (Å²) in [5.41, 5.74) is 0.982. The number of amides is 3. The van der Waals surface area contributed by atoms with E-state index in [-0.39, 0.29) is 31.2 Å². The maximum Gasteiger partial charge on any atom is 0.264 e. The molecule has 2 atom stereocenters. The number of benzene rings is 3. The van der Waals surface area contributed by atoms with Crippen molar-refractivity contribution < 1.29 is 19.1 Å². The highest BCUT2D eigenvalue weighted by Crippen LogP contribution is 2.49. The molecule has 3 amide bonds. The third-order valence-corrected chi connectivity index (χ3v) is 8.45. The standard InChI is InChI=1S/C25H15BrCl4N2O4/c1-2-36-14-9-3-11(4-10-14)21-22(25(35)31(21)13-7-5-12(26)6-8-13)32-23(33)15-16(24(32)34)18(28)20(30)19(29)17(15)27/h3-10,21-22H,2H2,1H3/t21-,22-/m0/s1. The van der Waals surface area contributed by atoms with Crippen LogP contribution in [0.2, 0.25) is 20.1 Å². The minimum Gasteiger partial charge on any atom is -0.494 e. The Hall–Kier alpha value is -2.29. The summed E-state index contributed by atoms with van der Waals surface area (Å²) >= 11 is 28.3. The van der Waals surface area contributed by atoms with Crippen molar-refractivity contribution in [3.05, 3.63) is 89.8 Å². The number of carbonyl (C=O) groups excluding carboxylic acids is 3. The molecule has 2 aliphatic heterocycles. The zero-order valence-corrected chi connectivity index (χ0v) is 23.0. The summed E-state index contributed by atoms with van der Waals surface area (Å²) in [5, 5.41) is -0.638. The average molecular weight is 629 g/mol. The fourth-order valence-corrected chi connectivity index (χ4v) is 5.77. The first-order chi connectivity index (χ1) is 17.2. The van der Waals surface area contributed by atoms with E-state index in [1.165, 1.54) is 0 Å². The Kier molecular flexibility index (Phi) is 6.72. The highest BCUT2D eigenvalue weighted by molar-refractivity contribution is 9.10. The second kappa shape index (κ2) is 9.54. The summed E-state index contributed by atoms with van der Waals surface area (Å²) < 4.78 is 6.37. The van der Waals surface area contributed by atoms with Gasteiger partial charge in [0, 0.05) is 10.2 Å². The fourth-order valence-electron chi connectivity index (χ4n) is 4.49. The summed E-state index contributed by atoms with van der Waals surface area (Å²) in [6.07, 6.45) is 0. The van der Waals surface area contributed by atoms with Gasteiger partial charge in [0.05, 0.1) is 43.9 Å². The molecule has 3 aromatic carbocycles. The van der Waals surface area contributed by atoms with E-state index in [4.69, 9.17) is 51.1 Å². The number of imide groups is 1. The van der Waals surface area contributed by atoms with Crippen LogP contribution in [-0.4, -0.2) is 35.3 Å². The zero-order valence-electron chi connectivity index (χ0n) is 18.4. The Morgan fingerprint density at radius 2 is 1.28 bits per heavy atom. The topological polar surface area (TPSA) is 66.9 Å². The number of ether oxygens (including phenoxy) is 1. The Labute approximate surface area is 234 Å². The lowest BCUT2D eigenvalue weighted by molar-refractivity contribution is -0.130. The van der Waals surface area contributed by atoms with Crippen molar-refractivity contribution >= 4 is 85.7 Å². The van der Waals surface area contributed by atoms with Crippen LogP contribution < -0.4 is 9.64 Å². The van der Waals surface area contributed by atoms with Gasteiger partial charge in [-0.2, -0.15) is 0 Å². The Bertz CT molecular complexity index is 1380. The average Bonchev–Trinajstić information content (AvgIpc) is 3.12. The lowest BCUT2D eigenvalue weighted by Gasteiger charge is -2.49. The number of fused-ring (bicyclic) bond motifs is 1. The predicted octanol–water partition coefficient (Wildman–Crippen LogP) is 7.21. The maximum atomic E-state index is 13.6. The zero-order chi connectivity index (χ0) is 25.9. The first-order valence-corrected chi connectivity index (χ1v) is 13.0. The van der Waals surface area contributed by atoms with Crippen LogP contribution in [0, 0.1) is 0 Å². The highest BCUT2D eigenvalue weighted by atomic mass is 79.9. The monoisotopic (exact) mass is 626 g/mol. The first kappa shape index (κ1) is 25.4. The van der Waals surface area contributed by atoms with Crippen LogP contribution in [0.15, 0.2) is 53.0 Å². The minimum atomic E-state index is -1.14. The third-order valence-electron chi connectivity index (χ3n) is 6.12. The van der Waals surface area contributed by atoms with Gasteiger partial charge in [0.25, 0.3) is 17.7 Å². The van der Waals surface area contributed by atoms with Gasteiger partial charge in [0.1, 0.15) is 11.8 Å². The molecule has 0 aliphatic carbocycles. The SMILES string of the molecule is CCOc1ccc([C@H]2[C@H](N3C(=O)c4c(Cl)c(Cl)c(Cl)c(Cl)c4C3=O)C(=O)N2c2ccc(Br)cc2)cc1. The van der Waals surface area contributed by atoms with Crippen LogP contribution in [0.4, 0.5) is 5.69 Å². The van der Waals surface area contributed by atoms with Crippen LogP contribution in [0.3, 0.4) is 0 Å². The van der Waals surface area contributed by atoms with E-state index >= 15 is 0 Å². The van der Waals surface area contributed by atoms with Crippen LogP contribution in [0.5, 0.6) is 5.75 Å². The molecule has 1 saturated heterocycles. The van der Waals surface area contributed by atoms with E-state index in [1.807, 2.05) is 6.92 Å². The van der Waals surface area contributed by atoms with Crippen LogP contribution in [-0.2, 0) is 4.79 Å². The van der Waals surface area contributed by atoms with Gasteiger partial charge in [0.15, 0.2) is 0 Å². The normalized spacial score (nSPS) is 19.0. The number of anilines is 1. The second-order valence-electron chi connectivity index (χ2n) is 8.06. The molecule has 2 heterocycles. The summed E-state index contributed by atoms with van der Waals surface area (Å²) in [6, 6.07) is 12.5. The maximum absolute atomic E-state index is 13.6. The van der Waals surface area contributed by atoms with Gasteiger partial charge in [-0.3, -0.25) is 19.3 Å². The van der Waals surface area contributed by atoms with Gasteiger partial charge in [-0.05, 0) is 48.9 Å². The summed E-state index contributed by atoms with van der Waals surface area (Å²) in [6.45, 7) is 2.37. The molecule has 2 aliphatic rings. The molecule has 11 heteroatoms. The molecule has 3 aromatic rings. The molecule has 6 nitrogen and oxygen atoms in total. The molecule has 0 bridgehead atoms. The number of halogens is 5. The number of nitrogens with zero attached hydrogens (tertiary/aromatic N) is 2. The van der Waals surface area contributed by atoms with Crippen molar-refractivity contribution in [1.82, 2.24) is 4.90 Å². The molecule has 36 heavy (non-hydrogen) atoms. The number of β-lactam (4-membered cyclic amide) rings is 1. The summed E-state index contributed by atoms with van der Waals surface area (Å²) in [7, 11) is 0. The highest BCUT2D eigenvalue weighted by Gasteiger charge is 2.58. The van der Waals surface area contributed by atoms with Gasteiger partial charge in [-0.1, -0.05) is 74.5 Å². The van der Waals surface area contributed by atoms with Crippen LogP contribution in [0.1, 0.15) is 39.2 Å². The molecule has 0 aromatic heterocycles. The van der Waals surface area contributed by atoms with Crippen molar-refractivity contribution in [3.8, 4) is 5.75 Å². The predicted molar refractivity (Wildman–Crippen MR) is 143 cm³/mol. The van der Waals surface area contributed by atoms with Crippen molar-refractivity contribution in [1.29, 1.82) is 0 Å². The number of hydrogen-bond acceptors (Lipinski definition) is 4. The lowest BCUT2D eigenvalue weighted by Crippen LogP contribution is -2.67. The van der Waals surface area contributed by atoms with Gasteiger partial charge >= 0.3 is 0 Å². The molecule has 0 saturated carbocycles. The van der Waals surface area contributed by atoms with E-state index in [2.05, 4.69) is 15.9 Å². The Balaban J connectivity index is 1.60. The number of hydrogen-bond donors (Lipinski definition) is 0. The molecule has 0 N–H and O–H groups in total. The molecule has 1 fully saturated rings. The summed E-state index contributed by atoms with van der Waals surface area (Å²) in [4.78, 5) is 43.0. The molecule has 0 unspecified atom stereocenters. The molecular weight excluding hydrogens is 614 g/mol. The first-order valence-electron chi connectivity index (χ1n) is 10.7. The van der Waals surface area contributed by atoms with E-state index in [1.54, 1.807) is 53.4 Å². The van der Waals surface area contributed by atoms with Crippen molar-refractivity contribution in [3.63, 3.8) is 0 Å². The summed E-state index contributed by atoms with van der Waals surface area (Å²) in [5.74, 6) is -1.30. The Morgan fingerprint density at radius 1 is 0.750 bits per heavy atom. The molecular formula is C25H15BrCl4N2O4. The van der Waals surface area contributed by atoms with Gasteiger partial charge in [-0.15, -0.1) is 0 Å². The molecule has 0 radical (unpaired) electrons. The second-order valence-corrected chi connectivity index (χ2v) is 10.5. The van der Waals surface area contributed by atoms with E-state index in [9.17, 15) is 14.4 Å². The lowest BCUT2D eigenvalue weighted by atomic mass is 9.86. The molecule has 184 valence electrons. The van der Waals surface area contributed by atoms with Crippen molar-refractivity contribution in [2.75, 3.05) is 11.5 Å². The quantitative estimate of drug-likeness (QED) is 0.130. The Morgan fingerprint density at radius 3 is 1.78 bits per heavy atom. The van der Waals surface area contributed by atoms with Crippen LogP contribution in [0.25, 0.3) is 0 Å². The fraction of sp³-hybridized carbons (Fsp3) is 0.160. The largest absolute Gasteiger partial charge is 0.494 e. The minimum absolute atomic E-state index is 0.135.